The molecule has 1 atom stereocenters. The maximum atomic E-state index is 12.4. The van der Waals surface area contributed by atoms with Gasteiger partial charge in [-0.1, -0.05) is 18.2 Å². The molecule has 0 aliphatic heterocycles. The molecule has 1 unspecified atom stereocenters. The van der Waals surface area contributed by atoms with Crippen LogP contribution in [0, 0.1) is 0 Å². The molecule has 0 fully saturated rings. The quantitative estimate of drug-likeness (QED) is 0.705. The summed E-state index contributed by atoms with van der Waals surface area (Å²) in [5.41, 5.74) is -0.957. The molecular weight excluding hydrogens is 334 g/mol. The number of hydrogen-bond acceptors (Lipinski definition) is 4. The molecule has 0 saturated carbocycles. The van der Waals surface area contributed by atoms with E-state index < -0.39 is 11.4 Å². The first kappa shape index (κ1) is 17.5. The van der Waals surface area contributed by atoms with Crippen molar-refractivity contribution in [2.45, 2.75) is 25.9 Å². The van der Waals surface area contributed by atoms with Crippen molar-refractivity contribution < 1.29 is 14.6 Å². The van der Waals surface area contributed by atoms with E-state index >= 15 is 0 Å². The first-order chi connectivity index (χ1) is 12.5. The molecule has 0 amide bonds. The van der Waals surface area contributed by atoms with Crippen LogP contribution in [0.4, 0.5) is 0 Å². The average molecular weight is 353 g/mol. The fourth-order valence-electron chi connectivity index (χ4n) is 2.57. The van der Waals surface area contributed by atoms with Gasteiger partial charge in [-0.05, 0) is 31.5 Å². The van der Waals surface area contributed by atoms with Crippen molar-refractivity contribution in [3.05, 3.63) is 77.0 Å². The molecule has 0 bridgehead atoms. The Hall–Kier alpha value is -3.35. The number of aromatic nitrogens is 3. The molecule has 0 saturated heterocycles. The van der Waals surface area contributed by atoms with Crippen LogP contribution in [0.1, 0.15) is 29.7 Å². The van der Waals surface area contributed by atoms with Crippen LogP contribution in [0.2, 0.25) is 0 Å². The lowest BCUT2D eigenvalue weighted by Gasteiger charge is -2.18. The van der Waals surface area contributed by atoms with Crippen LogP contribution >= 0.6 is 0 Å². The van der Waals surface area contributed by atoms with Gasteiger partial charge in [0.25, 0.3) is 0 Å². The van der Waals surface area contributed by atoms with E-state index in [9.17, 15) is 14.7 Å². The first-order valence-electron chi connectivity index (χ1n) is 8.24. The molecule has 7 heteroatoms. The summed E-state index contributed by atoms with van der Waals surface area (Å²) in [6.07, 6.45) is 7.20. The Kier molecular flexibility index (Phi) is 5.17. The van der Waals surface area contributed by atoms with Gasteiger partial charge in [0, 0.05) is 31.2 Å². The third kappa shape index (κ3) is 4.00. The summed E-state index contributed by atoms with van der Waals surface area (Å²) in [6, 6.07) is 10.6. The van der Waals surface area contributed by atoms with Gasteiger partial charge in [0.15, 0.2) is 5.75 Å². The van der Waals surface area contributed by atoms with Crippen LogP contribution in [0.25, 0.3) is 0 Å². The van der Waals surface area contributed by atoms with E-state index in [1.165, 1.54) is 6.20 Å². The highest BCUT2D eigenvalue weighted by Gasteiger charge is 2.17. The van der Waals surface area contributed by atoms with Gasteiger partial charge in [-0.15, -0.1) is 0 Å². The molecule has 0 spiro atoms. The molecule has 26 heavy (non-hydrogen) atoms. The van der Waals surface area contributed by atoms with Gasteiger partial charge < -0.3 is 14.4 Å². The molecule has 1 aromatic carbocycles. The number of para-hydroxylation sites is 1. The highest BCUT2D eigenvalue weighted by atomic mass is 16.5. The summed E-state index contributed by atoms with van der Waals surface area (Å²) in [6.45, 7) is 2.63. The SMILES string of the molecule is CC(CCn1cccn1)n1cc(Oc2ccccc2)c(=O)c(C(=O)O)c1. The number of benzene rings is 1. The largest absolute Gasteiger partial charge is 0.477 e. The summed E-state index contributed by atoms with van der Waals surface area (Å²) in [5.74, 6) is -0.813. The molecule has 0 aliphatic carbocycles. The molecule has 2 aromatic heterocycles. The van der Waals surface area contributed by atoms with Crippen LogP contribution in [-0.4, -0.2) is 25.4 Å². The predicted octanol–water partition coefficient (Wildman–Crippen LogP) is 3.19. The van der Waals surface area contributed by atoms with Gasteiger partial charge in [-0.25, -0.2) is 4.79 Å². The molecule has 7 nitrogen and oxygen atoms in total. The minimum atomic E-state index is -1.28. The van der Waals surface area contributed by atoms with Crippen LogP contribution in [0.15, 0.2) is 66.0 Å². The second-order valence-corrected chi connectivity index (χ2v) is 5.94. The van der Waals surface area contributed by atoms with Crippen molar-refractivity contribution >= 4 is 5.97 Å². The zero-order chi connectivity index (χ0) is 18.5. The van der Waals surface area contributed by atoms with Crippen molar-refractivity contribution in [1.29, 1.82) is 0 Å². The van der Waals surface area contributed by atoms with Crippen molar-refractivity contribution in [1.82, 2.24) is 14.3 Å². The number of rotatable bonds is 7. The number of ether oxygens (including phenoxy) is 1. The molecule has 3 rings (SSSR count). The second-order valence-electron chi connectivity index (χ2n) is 5.94. The number of carboxylic acid groups (broad SMARTS) is 1. The lowest BCUT2D eigenvalue weighted by atomic mass is 10.2. The van der Waals surface area contributed by atoms with E-state index in [1.807, 2.05) is 25.3 Å². The standard InChI is InChI=1S/C19H19N3O4/c1-14(8-11-22-10-5-9-20-22)21-12-16(19(24)25)18(23)17(13-21)26-15-6-3-2-4-7-15/h2-7,9-10,12-14H,8,11H2,1H3,(H,24,25). The van der Waals surface area contributed by atoms with Crippen LogP contribution in [-0.2, 0) is 6.54 Å². The highest BCUT2D eigenvalue weighted by Crippen LogP contribution is 2.21. The van der Waals surface area contributed by atoms with E-state index in [0.717, 1.165) is 0 Å². The van der Waals surface area contributed by atoms with Crippen LogP contribution in [0.3, 0.4) is 0 Å². The lowest BCUT2D eigenvalue weighted by Crippen LogP contribution is -2.21. The van der Waals surface area contributed by atoms with Crippen molar-refractivity contribution in [3.8, 4) is 11.5 Å². The second kappa shape index (κ2) is 7.69. The van der Waals surface area contributed by atoms with E-state index in [0.29, 0.717) is 18.7 Å². The Labute approximate surface area is 150 Å². The lowest BCUT2D eigenvalue weighted by molar-refractivity contribution is 0.0693. The first-order valence-corrected chi connectivity index (χ1v) is 8.24. The highest BCUT2D eigenvalue weighted by molar-refractivity contribution is 5.87. The summed E-state index contributed by atoms with van der Waals surface area (Å²) in [4.78, 5) is 23.9. The smallest absolute Gasteiger partial charge is 0.341 e. The number of pyridine rings is 1. The molecule has 1 N–H and O–H groups in total. The van der Waals surface area contributed by atoms with Crippen molar-refractivity contribution in [2.75, 3.05) is 0 Å². The van der Waals surface area contributed by atoms with E-state index in [1.54, 1.807) is 45.9 Å². The van der Waals surface area contributed by atoms with Gasteiger partial charge in [-0.2, -0.15) is 5.10 Å². The van der Waals surface area contributed by atoms with E-state index in [4.69, 9.17) is 4.74 Å². The number of carboxylic acids is 1. The Morgan fingerprint density at radius 3 is 2.65 bits per heavy atom. The maximum absolute atomic E-state index is 12.4. The zero-order valence-electron chi connectivity index (χ0n) is 14.3. The number of aryl methyl sites for hydroxylation is 1. The monoisotopic (exact) mass is 353 g/mol. The van der Waals surface area contributed by atoms with Crippen LogP contribution in [0.5, 0.6) is 11.5 Å². The van der Waals surface area contributed by atoms with Crippen molar-refractivity contribution in [3.63, 3.8) is 0 Å². The fourth-order valence-corrected chi connectivity index (χ4v) is 2.57. The molecule has 0 radical (unpaired) electrons. The Bertz CT molecular complexity index is 933. The summed E-state index contributed by atoms with van der Waals surface area (Å²) in [7, 11) is 0. The number of carbonyl (C=O) groups is 1. The zero-order valence-corrected chi connectivity index (χ0v) is 14.3. The molecule has 2 heterocycles. The summed E-state index contributed by atoms with van der Waals surface area (Å²) in [5, 5.41) is 13.5. The van der Waals surface area contributed by atoms with Gasteiger partial charge in [0.2, 0.25) is 5.43 Å². The minimum absolute atomic E-state index is 0.0120. The molecular formula is C19H19N3O4. The minimum Gasteiger partial charge on any atom is -0.477 e. The number of hydrogen-bond donors (Lipinski definition) is 1. The van der Waals surface area contributed by atoms with Gasteiger partial charge in [0.05, 0.1) is 6.20 Å². The van der Waals surface area contributed by atoms with Crippen LogP contribution < -0.4 is 10.2 Å². The molecule has 0 aliphatic rings. The van der Waals surface area contributed by atoms with Gasteiger partial charge >= 0.3 is 5.97 Å². The average Bonchev–Trinajstić information content (AvgIpc) is 3.15. The predicted molar refractivity (Wildman–Crippen MR) is 95.7 cm³/mol. The number of nitrogens with zero attached hydrogens (tertiary/aromatic N) is 3. The summed E-state index contributed by atoms with van der Waals surface area (Å²) < 4.78 is 9.13. The Balaban J connectivity index is 1.89. The summed E-state index contributed by atoms with van der Waals surface area (Å²) >= 11 is 0. The fraction of sp³-hybridized carbons (Fsp3) is 0.211. The molecule has 3 aromatic rings. The Morgan fingerprint density at radius 1 is 1.23 bits per heavy atom. The Morgan fingerprint density at radius 2 is 2.00 bits per heavy atom. The van der Waals surface area contributed by atoms with Gasteiger partial charge in [0.1, 0.15) is 11.3 Å². The molecule has 134 valence electrons. The van der Waals surface area contributed by atoms with Crippen molar-refractivity contribution in [2.24, 2.45) is 0 Å². The van der Waals surface area contributed by atoms with E-state index in [-0.39, 0.29) is 17.4 Å². The third-order valence-electron chi connectivity index (χ3n) is 4.06. The number of aromatic carboxylic acids is 1. The third-order valence-corrected chi connectivity index (χ3v) is 4.06. The van der Waals surface area contributed by atoms with Gasteiger partial charge in [-0.3, -0.25) is 9.48 Å². The topological polar surface area (TPSA) is 86.4 Å². The maximum Gasteiger partial charge on any atom is 0.341 e. The van der Waals surface area contributed by atoms with E-state index in [2.05, 4.69) is 5.10 Å². The normalized spacial score (nSPS) is 11.9.